The number of nitrogens with zero attached hydrogens (tertiary/aromatic N) is 2. The first-order valence-electron chi connectivity index (χ1n) is 5.82. The van der Waals surface area contributed by atoms with Crippen molar-refractivity contribution >= 4 is 34.0 Å². The summed E-state index contributed by atoms with van der Waals surface area (Å²) in [7, 11) is -2.06. The zero-order valence-electron chi connectivity index (χ0n) is 10.8. The fraction of sp³-hybridized carbons (Fsp3) is 0.700. The Balaban J connectivity index is 0.00000180. The third-order valence-electron chi connectivity index (χ3n) is 3.19. The molecule has 0 saturated carbocycles. The minimum absolute atomic E-state index is 0. The van der Waals surface area contributed by atoms with Gasteiger partial charge in [0, 0.05) is 13.1 Å². The van der Waals surface area contributed by atoms with E-state index in [2.05, 4.69) is 15.1 Å². The number of sulfonamides is 1. The van der Waals surface area contributed by atoms with Gasteiger partial charge in [-0.2, -0.15) is 5.10 Å². The van der Waals surface area contributed by atoms with Gasteiger partial charge in [-0.25, -0.2) is 13.1 Å². The van der Waals surface area contributed by atoms with Crippen molar-refractivity contribution in [2.24, 2.45) is 13.0 Å². The predicted molar refractivity (Wildman–Crippen MR) is 76.2 cm³/mol. The summed E-state index contributed by atoms with van der Waals surface area (Å²) in [6, 6.07) is -0.0674. The number of aryl methyl sites for hydroxylation is 1. The number of nitrogens with one attached hydrogen (secondary N) is 2. The third-order valence-corrected chi connectivity index (χ3v) is 5.18. The summed E-state index contributed by atoms with van der Waals surface area (Å²) >= 11 is 5.87. The first-order chi connectivity index (χ1) is 8.42. The smallest absolute Gasteiger partial charge is 0.259 e. The second-order valence-electron chi connectivity index (χ2n) is 4.62. The highest BCUT2D eigenvalue weighted by atomic mass is 35.5. The fourth-order valence-electron chi connectivity index (χ4n) is 2.15. The molecule has 1 fully saturated rings. The highest BCUT2D eigenvalue weighted by molar-refractivity contribution is 7.89. The minimum atomic E-state index is -3.62. The Labute approximate surface area is 124 Å². The van der Waals surface area contributed by atoms with E-state index in [0.29, 0.717) is 0 Å². The van der Waals surface area contributed by atoms with Gasteiger partial charge in [-0.05, 0) is 25.4 Å². The lowest BCUT2D eigenvalue weighted by atomic mass is 9.97. The highest BCUT2D eigenvalue weighted by Crippen LogP contribution is 2.21. The van der Waals surface area contributed by atoms with Crippen LogP contribution in [0.3, 0.4) is 0 Å². The van der Waals surface area contributed by atoms with Gasteiger partial charge in [0.05, 0.1) is 11.2 Å². The van der Waals surface area contributed by atoms with Gasteiger partial charge < -0.3 is 5.32 Å². The van der Waals surface area contributed by atoms with Crippen molar-refractivity contribution in [3.63, 3.8) is 0 Å². The van der Waals surface area contributed by atoms with Crippen LogP contribution in [0.4, 0.5) is 0 Å². The molecule has 1 aliphatic rings. The lowest BCUT2D eigenvalue weighted by Crippen LogP contribution is -2.48. The van der Waals surface area contributed by atoms with Gasteiger partial charge >= 0.3 is 0 Å². The Morgan fingerprint density at radius 3 is 2.79 bits per heavy atom. The number of hydrogen-bond donors (Lipinski definition) is 2. The van der Waals surface area contributed by atoms with Crippen LogP contribution in [0.2, 0.25) is 5.02 Å². The van der Waals surface area contributed by atoms with Gasteiger partial charge in [0.15, 0.2) is 5.03 Å². The Morgan fingerprint density at radius 2 is 2.26 bits per heavy atom. The van der Waals surface area contributed by atoms with E-state index < -0.39 is 10.0 Å². The molecule has 2 heterocycles. The standard InChI is InChI=1S/C10H17ClN4O2S.ClH/c1-7-5-12-4-3-9(7)14-18(16,17)10-8(11)6-13-15(10)2;/h6-7,9,12,14H,3-5H2,1-2H3;1H. The van der Waals surface area contributed by atoms with Gasteiger partial charge in [-0.1, -0.05) is 18.5 Å². The van der Waals surface area contributed by atoms with Gasteiger partial charge in [-0.15, -0.1) is 12.4 Å². The van der Waals surface area contributed by atoms with Crippen LogP contribution in [-0.4, -0.2) is 37.3 Å². The Kier molecular flexibility index (Phi) is 5.64. The number of aromatic nitrogens is 2. The average molecular weight is 329 g/mol. The van der Waals surface area contributed by atoms with Gasteiger partial charge in [0.25, 0.3) is 10.0 Å². The summed E-state index contributed by atoms with van der Waals surface area (Å²) in [6.07, 6.45) is 2.11. The normalized spacial score (nSPS) is 23.9. The first kappa shape index (κ1) is 16.7. The molecule has 0 amide bonds. The largest absolute Gasteiger partial charge is 0.316 e. The molecule has 0 radical (unpaired) electrons. The quantitative estimate of drug-likeness (QED) is 0.859. The Morgan fingerprint density at radius 1 is 1.58 bits per heavy atom. The van der Waals surface area contributed by atoms with Crippen LogP contribution in [-0.2, 0) is 17.1 Å². The van der Waals surface area contributed by atoms with Crippen molar-refractivity contribution in [2.45, 2.75) is 24.4 Å². The maximum absolute atomic E-state index is 12.3. The molecule has 0 aromatic carbocycles. The topological polar surface area (TPSA) is 76.0 Å². The molecular weight excluding hydrogens is 311 g/mol. The maximum Gasteiger partial charge on any atom is 0.259 e. The maximum atomic E-state index is 12.3. The Bertz CT molecular complexity index is 512. The zero-order chi connectivity index (χ0) is 13.3. The van der Waals surface area contributed by atoms with Crippen LogP contribution < -0.4 is 10.0 Å². The van der Waals surface area contributed by atoms with Gasteiger partial charge in [0.1, 0.15) is 0 Å². The molecule has 2 atom stereocenters. The minimum Gasteiger partial charge on any atom is -0.316 e. The molecule has 2 rings (SSSR count). The van der Waals surface area contributed by atoms with E-state index in [1.165, 1.54) is 10.9 Å². The predicted octanol–water partition coefficient (Wildman–Crippen LogP) is 0.772. The van der Waals surface area contributed by atoms with Crippen molar-refractivity contribution in [1.29, 1.82) is 0 Å². The molecule has 110 valence electrons. The molecule has 1 saturated heterocycles. The lowest BCUT2D eigenvalue weighted by Gasteiger charge is -2.29. The Hall–Kier alpha value is -0.340. The van der Waals surface area contributed by atoms with Crippen molar-refractivity contribution in [2.75, 3.05) is 13.1 Å². The number of piperidine rings is 1. The summed E-state index contributed by atoms with van der Waals surface area (Å²) in [5.41, 5.74) is 0. The van der Waals surface area contributed by atoms with Gasteiger partial charge in [-0.3, -0.25) is 4.68 Å². The second-order valence-corrected chi connectivity index (χ2v) is 6.66. The van der Waals surface area contributed by atoms with E-state index in [1.54, 1.807) is 7.05 Å². The highest BCUT2D eigenvalue weighted by Gasteiger charge is 2.29. The van der Waals surface area contributed by atoms with Crippen molar-refractivity contribution in [3.8, 4) is 0 Å². The molecule has 0 bridgehead atoms. The van der Waals surface area contributed by atoms with E-state index in [9.17, 15) is 8.42 Å². The molecule has 6 nitrogen and oxygen atoms in total. The number of halogens is 2. The second kappa shape index (κ2) is 6.41. The molecule has 9 heteroatoms. The van der Waals surface area contributed by atoms with Crippen LogP contribution in [0.1, 0.15) is 13.3 Å². The molecule has 1 aromatic rings. The SMILES string of the molecule is CC1CNCCC1NS(=O)(=O)c1c(Cl)cnn1C.Cl. The van der Waals surface area contributed by atoms with Crippen LogP contribution in [0.5, 0.6) is 0 Å². The third kappa shape index (κ3) is 3.61. The van der Waals surface area contributed by atoms with E-state index in [0.717, 1.165) is 19.5 Å². The zero-order valence-corrected chi connectivity index (χ0v) is 13.1. The van der Waals surface area contributed by atoms with E-state index >= 15 is 0 Å². The molecule has 1 aliphatic heterocycles. The monoisotopic (exact) mass is 328 g/mol. The lowest BCUT2D eigenvalue weighted by molar-refractivity contribution is 0.327. The summed E-state index contributed by atoms with van der Waals surface area (Å²) in [4.78, 5) is 0. The molecule has 2 N–H and O–H groups in total. The summed E-state index contributed by atoms with van der Waals surface area (Å²) in [6.45, 7) is 3.65. The molecule has 0 aliphatic carbocycles. The van der Waals surface area contributed by atoms with Crippen LogP contribution >= 0.6 is 24.0 Å². The fourth-order valence-corrected chi connectivity index (χ4v) is 4.18. The number of rotatable bonds is 3. The molecule has 0 spiro atoms. The van der Waals surface area contributed by atoms with E-state index in [-0.39, 0.29) is 34.4 Å². The molecular formula is C10H18Cl2N4O2S. The van der Waals surface area contributed by atoms with Crippen molar-refractivity contribution < 1.29 is 8.42 Å². The first-order valence-corrected chi connectivity index (χ1v) is 7.68. The summed E-state index contributed by atoms with van der Waals surface area (Å²) < 4.78 is 28.5. The number of hydrogen-bond acceptors (Lipinski definition) is 4. The van der Waals surface area contributed by atoms with Crippen molar-refractivity contribution in [1.82, 2.24) is 19.8 Å². The summed E-state index contributed by atoms with van der Waals surface area (Å²) in [5.74, 6) is 0.250. The van der Waals surface area contributed by atoms with Crippen LogP contribution in [0, 0.1) is 5.92 Å². The summed E-state index contributed by atoms with van der Waals surface area (Å²) in [5, 5.41) is 7.25. The van der Waals surface area contributed by atoms with Crippen molar-refractivity contribution in [3.05, 3.63) is 11.2 Å². The van der Waals surface area contributed by atoms with Gasteiger partial charge in [0.2, 0.25) is 0 Å². The molecule has 2 unspecified atom stereocenters. The van der Waals surface area contributed by atoms with E-state index in [4.69, 9.17) is 11.6 Å². The molecule has 1 aromatic heterocycles. The average Bonchev–Trinajstić information content (AvgIpc) is 2.62. The van der Waals surface area contributed by atoms with Crippen LogP contribution in [0.25, 0.3) is 0 Å². The molecule has 19 heavy (non-hydrogen) atoms. The van der Waals surface area contributed by atoms with Crippen LogP contribution in [0.15, 0.2) is 11.2 Å². The van der Waals surface area contributed by atoms with E-state index in [1.807, 2.05) is 6.92 Å².